The van der Waals surface area contributed by atoms with E-state index in [2.05, 4.69) is 0 Å². The van der Waals surface area contributed by atoms with E-state index in [4.69, 9.17) is 4.74 Å². The number of carbonyl (C=O) groups is 3. The molecule has 6 nitrogen and oxygen atoms in total. The Balaban J connectivity index is 1.37. The Morgan fingerprint density at radius 1 is 0.800 bits per heavy atom. The van der Waals surface area contributed by atoms with E-state index in [9.17, 15) is 14.4 Å². The minimum atomic E-state index is -0.00312. The van der Waals surface area contributed by atoms with E-state index < -0.39 is 0 Å². The Bertz CT molecular complexity index is 431. The van der Waals surface area contributed by atoms with Gasteiger partial charge in [-0.3, -0.25) is 19.3 Å². The second-order valence-electron chi connectivity index (χ2n) is 7.01. The van der Waals surface area contributed by atoms with E-state index in [0.29, 0.717) is 39.0 Å². The summed E-state index contributed by atoms with van der Waals surface area (Å²) in [6, 6.07) is 0. The van der Waals surface area contributed by atoms with Gasteiger partial charge in [0.25, 0.3) is 0 Å². The molecule has 0 atom stereocenters. The highest BCUT2D eigenvalue weighted by Gasteiger charge is 2.27. The first kappa shape index (κ1) is 19.9. The molecule has 2 aliphatic rings. The quantitative estimate of drug-likeness (QED) is 0.423. The van der Waals surface area contributed by atoms with Crippen LogP contribution in [0.25, 0.3) is 0 Å². The molecule has 0 radical (unpaired) electrons. The lowest BCUT2D eigenvalue weighted by atomic mass is 10.1. The molecular weight excluding hydrogens is 320 g/mol. The Morgan fingerprint density at radius 2 is 1.32 bits per heavy atom. The molecule has 3 amide bonds. The van der Waals surface area contributed by atoms with Crippen LogP contribution in [-0.2, 0) is 19.1 Å². The average Bonchev–Trinajstić information content (AvgIpc) is 2.95. The number of rotatable bonds is 11. The van der Waals surface area contributed by atoms with Gasteiger partial charge in [0.05, 0.1) is 13.2 Å². The maximum absolute atomic E-state index is 12.0. The molecule has 0 spiro atoms. The second kappa shape index (κ2) is 11.2. The Labute approximate surface area is 150 Å². The molecule has 25 heavy (non-hydrogen) atoms. The van der Waals surface area contributed by atoms with Crippen molar-refractivity contribution in [3.63, 3.8) is 0 Å². The van der Waals surface area contributed by atoms with Crippen LogP contribution in [0.1, 0.15) is 70.6 Å². The Hall–Kier alpha value is -1.43. The Morgan fingerprint density at radius 3 is 1.92 bits per heavy atom. The lowest BCUT2D eigenvalue weighted by Gasteiger charge is -2.26. The van der Waals surface area contributed by atoms with Crippen LogP contribution in [-0.4, -0.2) is 60.4 Å². The van der Waals surface area contributed by atoms with Gasteiger partial charge in [-0.05, 0) is 12.8 Å². The maximum Gasteiger partial charge on any atom is 0.229 e. The predicted octanol–water partition coefficient (Wildman–Crippen LogP) is 2.51. The third-order valence-corrected chi connectivity index (χ3v) is 5.04. The molecule has 0 N–H and O–H groups in total. The zero-order valence-electron chi connectivity index (χ0n) is 15.3. The third-order valence-electron chi connectivity index (χ3n) is 5.04. The summed E-state index contributed by atoms with van der Waals surface area (Å²) in [5.41, 5.74) is 0. The van der Waals surface area contributed by atoms with Crippen molar-refractivity contribution in [3.8, 4) is 0 Å². The monoisotopic (exact) mass is 352 g/mol. The third kappa shape index (κ3) is 7.14. The fourth-order valence-electron chi connectivity index (χ4n) is 3.45. The molecular formula is C19H32N2O4. The van der Waals surface area contributed by atoms with Crippen molar-refractivity contribution in [2.75, 3.05) is 32.8 Å². The number of imide groups is 1. The van der Waals surface area contributed by atoms with Crippen LogP contribution < -0.4 is 0 Å². The normalized spacial score (nSPS) is 18.2. The fourth-order valence-corrected chi connectivity index (χ4v) is 3.45. The van der Waals surface area contributed by atoms with Crippen LogP contribution in [0.2, 0.25) is 0 Å². The maximum atomic E-state index is 12.0. The molecule has 6 heteroatoms. The highest BCUT2D eigenvalue weighted by molar-refractivity contribution is 6.01. The number of hydrogen-bond donors (Lipinski definition) is 0. The van der Waals surface area contributed by atoms with Crippen molar-refractivity contribution < 1.29 is 19.1 Å². The van der Waals surface area contributed by atoms with Crippen molar-refractivity contribution in [2.24, 2.45) is 0 Å². The van der Waals surface area contributed by atoms with Gasteiger partial charge in [-0.2, -0.15) is 0 Å². The van der Waals surface area contributed by atoms with Gasteiger partial charge < -0.3 is 9.64 Å². The van der Waals surface area contributed by atoms with E-state index in [1.165, 1.54) is 24.2 Å². The van der Waals surface area contributed by atoms with E-state index in [-0.39, 0.29) is 17.7 Å². The topological polar surface area (TPSA) is 66.9 Å². The van der Waals surface area contributed by atoms with Crippen LogP contribution >= 0.6 is 0 Å². The first-order valence-corrected chi connectivity index (χ1v) is 9.87. The van der Waals surface area contributed by atoms with Crippen molar-refractivity contribution in [2.45, 2.75) is 70.6 Å². The SMILES string of the molecule is O=C(CCCCCCCCCCN1C(=O)CCC1=O)N1CCOCC1. The second-order valence-corrected chi connectivity index (χ2v) is 7.01. The summed E-state index contributed by atoms with van der Waals surface area (Å²) in [5.74, 6) is 0.266. The summed E-state index contributed by atoms with van der Waals surface area (Å²) in [7, 11) is 0. The number of hydrogen-bond acceptors (Lipinski definition) is 4. The smallest absolute Gasteiger partial charge is 0.229 e. The summed E-state index contributed by atoms with van der Waals surface area (Å²) >= 11 is 0. The zero-order chi connectivity index (χ0) is 17.9. The largest absolute Gasteiger partial charge is 0.378 e. The van der Waals surface area contributed by atoms with E-state index in [1.54, 1.807) is 0 Å². The van der Waals surface area contributed by atoms with Gasteiger partial charge in [0.1, 0.15) is 0 Å². The van der Waals surface area contributed by atoms with Gasteiger partial charge in [-0.15, -0.1) is 0 Å². The van der Waals surface area contributed by atoms with E-state index >= 15 is 0 Å². The number of morpholine rings is 1. The summed E-state index contributed by atoms with van der Waals surface area (Å²) in [4.78, 5) is 38.3. The molecule has 2 heterocycles. The van der Waals surface area contributed by atoms with Gasteiger partial charge in [-0.1, -0.05) is 38.5 Å². The highest BCUT2D eigenvalue weighted by Crippen LogP contribution is 2.14. The molecule has 142 valence electrons. The number of likely N-dealkylation sites (tertiary alicyclic amines) is 1. The summed E-state index contributed by atoms with van der Waals surface area (Å²) in [6.07, 6.45) is 10.3. The van der Waals surface area contributed by atoms with E-state index in [1.807, 2.05) is 4.90 Å². The number of nitrogens with zero attached hydrogens (tertiary/aromatic N) is 2. The number of amides is 3. The number of unbranched alkanes of at least 4 members (excludes halogenated alkanes) is 7. The van der Waals surface area contributed by atoms with Gasteiger partial charge in [-0.25, -0.2) is 0 Å². The summed E-state index contributed by atoms with van der Waals surface area (Å²) in [6.45, 7) is 3.43. The molecule has 0 aliphatic carbocycles. The van der Waals surface area contributed by atoms with Gasteiger partial charge in [0.2, 0.25) is 17.7 Å². The standard InChI is InChI=1S/C19H32N2O4/c22-17(20-13-15-25-16-14-20)9-7-5-3-1-2-4-6-8-12-21-18(23)10-11-19(21)24/h1-16H2. The summed E-state index contributed by atoms with van der Waals surface area (Å²) < 4.78 is 5.26. The van der Waals surface area contributed by atoms with Gasteiger partial charge >= 0.3 is 0 Å². The predicted molar refractivity (Wildman–Crippen MR) is 94.9 cm³/mol. The lowest BCUT2D eigenvalue weighted by Crippen LogP contribution is -2.40. The number of ether oxygens (including phenoxy) is 1. The van der Waals surface area contributed by atoms with Crippen LogP contribution in [0.4, 0.5) is 0 Å². The van der Waals surface area contributed by atoms with Crippen LogP contribution in [0.3, 0.4) is 0 Å². The van der Waals surface area contributed by atoms with Crippen LogP contribution in [0.5, 0.6) is 0 Å². The zero-order valence-corrected chi connectivity index (χ0v) is 15.3. The number of carbonyl (C=O) groups excluding carboxylic acids is 3. The van der Waals surface area contributed by atoms with E-state index in [0.717, 1.165) is 45.2 Å². The van der Waals surface area contributed by atoms with Gasteiger partial charge in [0, 0.05) is 38.9 Å². The fraction of sp³-hybridized carbons (Fsp3) is 0.842. The van der Waals surface area contributed by atoms with Crippen molar-refractivity contribution in [1.29, 1.82) is 0 Å². The molecule has 2 fully saturated rings. The van der Waals surface area contributed by atoms with Crippen LogP contribution in [0.15, 0.2) is 0 Å². The molecule has 2 aliphatic heterocycles. The average molecular weight is 352 g/mol. The Kier molecular flexibility index (Phi) is 8.94. The van der Waals surface area contributed by atoms with Gasteiger partial charge in [0.15, 0.2) is 0 Å². The minimum absolute atomic E-state index is 0.00312. The van der Waals surface area contributed by atoms with Crippen molar-refractivity contribution >= 4 is 17.7 Å². The molecule has 0 aromatic carbocycles. The lowest BCUT2D eigenvalue weighted by molar-refractivity contribution is -0.138. The molecule has 0 unspecified atom stereocenters. The summed E-state index contributed by atoms with van der Waals surface area (Å²) in [5, 5.41) is 0. The molecule has 0 aromatic heterocycles. The van der Waals surface area contributed by atoms with Crippen molar-refractivity contribution in [3.05, 3.63) is 0 Å². The van der Waals surface area contributed by atoms with Crippen molar-refractivity contribution in [1.82, 2.24) is 9.80 Å². The molecule has 2 rings (SSSR count). The van der Waals surface area contributed by atoms with Crippen LogP contribution in [0, 0.1) is 0 Å². The first-order chi connectivity index (χ1) is 12.2. The molecule has 0 bridgehead atoms. The highest BCUT2D eigenvalue weighted by atomic mass is 16.5. The molecule has 2 saturated heterocycles. The molecule has 0 aromatic rings. The first-order valence-electron chi connectivity index (χ1n) is 9.87. The molecule has 0 saturated carbocycles. The minimum Gasteiger partial charge on any atom is -0.378 e.